The monoisotopic (exact) mass is 343 g/mol. The zero-order valence-electron chi connectivity index (χ0n) is 14.4. The maximum atomic E-state index is 12.4. The van der Waals surface area contributed by atoms with Gasteiger partial charge >= 0.3 is 5.63 Å². The highest BCUT2D eigenvalue weighted by molar-refractivity contribution is 5.95. The second kappa shape index (κ2) is 7.57. The molecule has 0 unspecified atom stereocenters. The van der Waals surface area contributed by atoms with Gasteiger partial charge in [0.05, 0.1) is 24.1 Å². The Balaban J connectivity index is 1.73. The van der Waals surface area contributed by atoms with Crippen LogP contribution in [-0.2, 0) is 11.3 Å². The van der Waals surface area contributed by atoms with Gasteiger partial charge in [-0.05, 0) is 38.3 Å². The van der Waals surface area contributed by atoms with E-state index >= 15 is 0 Å². The minimum absolute atomic E-state index is 0.0379. The van der Waals surface area contributed by atoms with Crippen LogP contribution in [0.5, 0.6) is 0 Å². The summed E-state index contributed by atoms with van der Waals surface area (Å²) in [4.78, 5) is 33.0. The predicted octanol–water partition coefficient (Wildman–Crippen LogP) is 1.87. The molecule has 3 heterocycles. The summed E-state index contributed by atoms with van der Waals surface area (Å²) in [5, 5.41) is 2.69. The van der Waals surface area contributed by atoms with E-state index in [1.54, 1.807) is 25.4 Å². The van der Waals surface area contributed by atoms with E-state index in [0.29, 0.717) is 30.2 Å². The van der Waals surface area contributed by atoms with Crippen LogP contribution in [-0.4, -0.2) is 29.1 Å². The molecule has 0 radical (unpaired) electrons. The Kier molecular flexibility index (Phi) is 5.23. The summed E-state index contributed by atoms with van der Waals surface area (Å²) < 4.78 is 10.7. The van der Waals surface area contributed by atoms with Gasteiger partial charge in [0, 0.05) is 25.3 Å². The Labute approximate surface area is 145 Å². The molecule has 1 saturated heterocycles. The Morgan fingerprint density at radius 3 is 2.64 bits per heavy atom. The van der Waals surface area contributed by atoms with Crippen LogP contribution in [0.15, 0.2) is 27.7 Å². The molecule has 25 heavy (non-hydrogen) atoms. The summed E-state index contributed by atoms with van der Waals surface area (Å²) >= 11 is 0. The maximum Gasteiger partial charge on any atom is 0.349 e. The number of hydrogen-bond donors (Lipinski definition) is 1. The molecule has 1 aliphatic rings. The number of aryl methyl sites for hydroxylation is 2. The molecule has 132 valence electrons. The number of rotatable bonds is 4. The average molecular weight is 343 g/mol. The van der Waals surface area contributed by atoms with Crippen LogP contribution in [0.1, 0.15) is 51.8 Å². The molecule has 0 spiro atoms. The molecule has 0 aromatic carbocycles. The van der Waals surface area contributed by atoms with E-state index in [4.69, 9.17) is 9.15 Å². The van der Waals surface area contributed by atoms with Gasteiger partial charge in [-0.1, -0.05) is 0 Å². The molecule has 1 fully saturated rings. The number of carbonyl (C=O) groups excluding carboxylic acids is 1. The van der Waals surface area contributed by atoms with Crippen molar-refractivity contribution in [3.8, 4) is 0 Å². The van der Waals surface area contributed by atoms with Gasteiger partial charge in [-0.3, -0.25) is 14.8 Å². The molecule has 2 aromatic rings. The number of aromatic nitrogens is 2. The van der Waals surface area contributed by atoms with Crippen LogP contribution in [0, 0.1) is 13.8 Å². The van der Waals surface area contributed by atoms with Gasteiger partial charge in [0.2, 0.25) is 0 Å². The van der Waals surface area contributed by atoms with Crippen molar-refractivity contribution in [1.82, 2.24) is 15.3 Å². The SMILES string of the molecule is Cc1cnc(CNC(=O)c2c(C)cc(C3CCOCC3)oc2=O)cn1. The molecule has 1 amide bonds. The number of amides is 1. The summed E-state index contributed by atoms with van der Waals surface area (Å²) in [5.41, 5.74) is 1.48. The molecule has 1 N–H and O–H groups in total. The fourth-order valence-electron chi connectivity index (χ4n) is 2.86. The van der Waals surface area contributed by atoms with Gasteiger partial charge in [-0.25, -0.2) is 4.79 Å². The summed E-state index contributed by atoms with van der Waals surface area (Å²) in [6.07, 6.45) is 4.86. The van der Waals surface area contributed by atoms with Crippen LogP contribution in [0.2, 0.25) is 0 Å². The average Bonchev–Trinajstić information content (AvgIpc) is 2.61. The van der Waals surface area contributed by atoms with E-state index in [-0.39, 0.29) is 18.0 Å². The van der Waals surface area contributed by atoms with Crippen molar-refractivity contribution in [1.29, 1.82) is 0 Å². The Bertz CT molecular complexity index is 808. The van der Waals surface area contributed by atoms with Crippen LogP contribution < -0.4 is 10.9 Å². The largest absolute Gasteiger partial charge is 0.427 e. The van der Waals surface area contributed by atoms with E-state index in [9.17, 15) is 9.59 Å². The van der Waals surface area contributed by atoms with Gasteiger partial charge in [-0.2, -0.15) is 0 Å². The highest BCUT2D eigenvalue weighted by atomic mass is 16.5. The van der Waals surface area contributed by atoms with E-state index in [1.165, 1.54) is 0 Å². The Morgan fingerprint density at radius 1 is 1.24 bits per heavy atom. The number of hydrogen-bond acceptors (Lipinski definition) is 6. The number of nitrogens with one attached hydrogen (secondary N) is 1. The molecule has 7 nitrogen and oxygen atoms in total. The quantitative estimate of drug-likeness (QED) is 0.911. The minimum Gasteiger partial charge on any atom is -0.427 e. The zero-order valence-corrected chi connectivity index (χ0v) is 14.4. The first-order valence-corrected chi connectivity index (χ1v) is 8.32. The number of carbonyl (C=O) groups is 1. The standard InChI is InChI=1S/C18H21N3O4/c1-11-7-15(13-3-5-24-6-4-13)25-18(23)16(11)17(22)21-10-14-9-19-12(2)8-20-14/h7-9,13H,3-6,10H2,1-2H3,(H,21,22). The van der Waals surface area contributed by atoms with E-state index < -0.39 is 11.5 Å². The van der Waals surface area contributed by atoms with Gasteiger partial charge in [-0.15, -0.1) is 0 Å². The topological polar surface area (TPSA) is 94.3 Å². The van der Waals surface area contributed by atoms with Crippen LogP contribution in [0.3, 0.4) is 0 Å². The molecule has 3 rings (SSSR count). The molecular weight excluding hydrogens is 322 g/mol. The Morgan fingerprint density at radius 2 is 2.00 bits per heavy atom. The van der Waals surface area contributed by atoms with Crippen molar-refractivity contribution in [3.63, 3.8) is 0 Å². The fraction of sp³-hybridized carbons (Fsp3) is 0.444. The van der Waals surface area contributed by atoms with Crippen LogP contribution in [0.25, 0.3) is 0 Å². The first-order valence-electron chi connectivity index (χ1n) is 8.32. The van der Waals surface area contributed by atoms with Gasteiger partial charge in [0.25, 0.3) is 5.91 Å². The third kappa shape index (κ3) is 4.11. The predicted molar refractivity (Wildman–Crippen MR) is 90.4 cm³/mol. The van der Waals surface area contributed by atoms with Crippen LogP contribution in [0.4, 0.5) is 0 Å². The first kappa shape index (κ1) is 17.3. The normalized spacial score (nSPS) is 15.1. The van der Waals surface area contributed by atoms with Crippen molar-refractivity contribution in [2.24, 2.45) is 0 Å². The van der Waals surface area contributed by atoms with E-state index in [1.807, 2.05) is 6.92 Å². The summed E-state index contributed by atoms with van der Waals surface area (Å²) in [6.45, 7) is 5.11. The lowest BCUT2D eigenvalue weighted by atomic mass is 9.95. The smallest absolute Gasteiger partial charge is 0.349 e. The lowest BCUT2D eigenvalue weighted by Gasteiger charge is -2.21. The lowest BCUT2D eigenvalue weighted by Crippen LogP contribution is -2.30. The van der Waals surface area contributed by atoms with Crippen molar-refractivity contribution in [2.75, 3.05) is 13.2 Å². The molecule has 0 saturated carbocycles. The van der Waals surface area contributed by atoms with Crippen molar-refractivity contribution in [2.45, 2.75) is 39.2 Å². The van der Waals surface area contributed by atoms with Gasteiger partial charge in [0.15, 0.2) is 0 Å². The third-order valence-corrected chi connectivity index (χ3v) is 4.28. The second-order valence-corrected chi connectivity index (χ2v) is 6.21. The van der Waals surface area contributed by atoms with Crippen LogP contribution >= 0.6 is 0 Å². The molecule has 2 aromatic heterocycles. The second-order valence-electron chi connectivity index (χ2n) is 6.21. The number of ether oxygens (including phenoxy) is 1. The highest BCUT2D eigenvalue weighted by Crippen LogP contribution is 2.27. The highest BCUT2D eigenvalue weighted by Gasteiger charge is 2.22. The zero-order chi connectivity index (χ0) is 17.8. The van der Waals surface area contributed by atoms with Crippen molar-refractivity contribution in [3.05, 3.63) is 57.2 Å². The Hall–Kier alpha value is -2.54. The van der Waals surface area contributed by atoms with Gasteiger partial charge in [0.1, 0.15) is 11.3 Å². The van der Waals surface area contributed by atoms with Crippen molar-refractivity contribution < 1.29 is 13.9 Å². The minimum atomic E-state index is -0.603. The third-order valence-electron chi connectivity index (χ3n) is 4.28. The van der Waals surface area contributed by atoms with Crippen molar-refractivity contribution >= 4 is 5.91 Å². The molecular formula is C18H21N3O4. The summed E-state index contributed by atoms with van der Waals surface area (Å²) in [6, 6.07) is 1.79. The van der Waals surface area contributed by atoms with Gasteiger partial charge < -0.3 is 14.5 Å². The molecule has 1 aliphatic heterocycles. The molecule has 0 atom stereocenters. The molecule has 0 bridgehead atoms. The summed E-state index contributed by atoms with van der Waals surface area (Å²) in [7, 11) is 0. The fourth-order valence-corrected chi connectivity index (χ4v) is 2.86. The van der Waals surface area contributed by atoms with E-state index in [2.05, 4.69) is 15.3 Å². The maximum absolute atomic E-state index is 12.4. The number of nitrogens with zero attached hydrogens (tertiary/aromatic N) is 2. The summed E-state index contributed by atoms with van der Waals surface area (Å²) in [5.74, 6) is 0.332. The molecule has 7 heteroatoms. The lowest BCUT2D eigenvalue weighted by molar-refractivity contribution is 0.0795. The van der Waals surface area contributed by atoms with E-state index in [0.717, 1.165) is 18.5 Å². The first-order chi connectivity index (χ1) is 12.0. The molecule has 0 aliphatic carbocycles.